The van der Waals surface area contributed by atoms with Crippen molar-refractivity contribution in [3.8, 4) is 0 Å². The Morgan fingerprint density at radius 2 is 0.917 bits per heavy atom. The van der Waals surface area contributed by atoms with E-state index in [9.17, 15) is 0 Å². The summed E-state index contributed by atoms with van der Waals surface area (Å²) in [4.78, 5) is 4.75. The van der Waals surface area contributed by atoms with Crippen LogP contribution in [0.2, 0.25) is 0 Å². The topological polar surface area (TPSA) is 53.4 Å². The van der Waals surface area contributed by atoms with Crippen LogP contribution < -0.4 is 0 Å². The third-order valence-electron chi connectivity index (χ3n) is 4.05. The van der Waals surface area contributed by atoms with E-state index in [1.165, 1.54) is 11.1 Å². The second-order valence-electron chi connectivity index (χ2n) is 5.92. The molecule has 0 aliphatic rings. The van der Waals surface area contributed by atoms with Crippen molar-refractivity contribution >= 4 is 0 Å². The molecule has 2 N–H and O–H groups in total. The summed E-state index contributed by atoms with van der Waals surface area (Å²) in [5, 5.41) is 18.2. The van der Waals surface area contributed by atoms with E-state index < -0.39 is 0 Å². The van der Waals surface area contributed by atoms with Gasteiger partial charge in [-0.3, -0.25) is 4.98 Å². The minimum Gasteiger partial charge on any atom is -0.392 e. The fourth-order valence-electron chi connectivity index (χ4n) is 2.67. The number of pyridine rings is 1. The Morgan fingerprint density at radius 3 is 1.29 bits per heavy atom. The molecule has 0 bridgehead atoms. The molecule has 0 fully saturated rings. The molecule has 0 spiro atoms. The molecule has 24 heavy (non-hydrogen) atoms. The average Bonchev–Trinajstić information content (AvgIpc) is 2.63. The van der Waals surface area contributed by atoms with Crippen molar-refractivity contribution in [2.75, 3.05) is 0 Å². The Balaban J connectivity index is 1.70. The molecule has 0 atom stereocenters. The molecule has 1 heterocycles. The molecule has 0 saturated heterocycles. The number of aromatic nitrogens is 1. The Hall–Kier alpha value is -2.49. The van der Waals surface area contributed by atoms with Crippen molar-refractivity contribution in [2.45, 2.75) is 26.1 Å². The highest BCUT2D eigenvalue weighted by atomic mass is 16.3. The smallest absolute Gasteiger partial charge is 0.0681 e. The highest BCUT2D eigenvalue weighted by Crippen LogP contribution is 2.13. The summed E-state index contributed by atoms with van der Waals surface area (Å²) in [5.74, 6) is 0. The molecule has 3 heteroatoms. The molecule has 0 amide bonds. The Morgan fingerprint density at radius 1 is 0.542 bits per heavy atom. The molecule has 0 unspecified atom stereocenters. The number of hydrogen-bond acceptors (Lipinski definition) is 3. The molecule has 0 saturated carbocycles. The van der Waals surface area contributed by atoms with Crippen molar-refractivity contribution in [3.63, 3.8) is 0 Å². The molecule has 3 aromatic rings. The minimum atomic E-state index is 0.0725. The maximum absolute atomic E-state index is 9.10. The van der Waals surface area contributed by atoms with Gasteiger partial charge in [-0.15, -0.1) is 0 Å². The summed E-state index contributed by atoms with van der Waals surface area (Å²) in [7, 11) is 0. The predicted octanol–water partition coefficient (Wildman–Crippen LogP) is 3.25. The van der Waals surface area contributed by atoms with Crippen molar-refractivity contribution in [3.05, 3.63) is 100 Å². The van der Waals surface area contributed by atoms with Crippen LogP contribution >= 0.6 is 0 Å². The predicted molar refractivity (Wildman–Crippen MR) is 94.6 cm³/mol. The van der Waals surface area contributed by atoms with Gasteiger partial charge in [0, 0.05) is 24.2 Å². The van der Waals surface area contributed by atoms with E-state index in [0.717, 1.165) is 35.4 Å². The van der Waals surface area contributed by atoms with Gasteiger partial charge in [-0.1, -0.05) is 54.6 Å². The van der Waals surface area contributed by atoms with Crippen LogP contribution in [-0.2, 0) is 26.1 Å². The van der Waals surface area contributed by atoms with Gasteiger partial charge in [0.2, 0.25) is 0 Å². The monoisotopic (exact) mass is 319 g/mol. The standard InChI is InChI=1S/C21H21NO2/c23-14-18-8-4-16(5-9-18)12-20-2-1-3-21(22-20)13-17-6-10-19(15-24)11-7-17/h1-11,23-24H,12-15H2. The summed E-state index contributed by atoms with van der Waals surface area (Å²) >= 11 is 0. The van der Waals surface area contributed by atoms with Crippen LogP contribution in [0.3, 0.4) is 0 Å². The zero-order valence-electron chi connectivity index (χ0n) is 13.5. The lowest BCUT2D eigenvalue weighted by Gasteiger charge is -2.06. The van der Waals surface area contributed by atoms with Crippen molar-refractivity contribution < 1.29 is 10.2 Å². The third kappa shape index (κ3) is 4.28. The molecular weight excluding hydrogens is 298 g/mol. The average molecular weight is 319 g/mol. The van der Waals surface area contributed by atoms with E-state index in [0.29, 0.717) is 0 Å². The molecule has 2 aromatic carbocycles. The molecule has 3 nitrogen and oxygen atoms in total. The second kappa shape index (κ2) is 7.86. The summed E-state index contributed by atoms with van der Waals surface area (Å²) in [6, 6.07) is 22.0. The lowest BCUT2D eigenvalue weighted by atomic mass is 10.0. The van der Waals surface area contributed by atoms with Crippen LogP contribution in [-0.4, -0.2) is 15.2 Å². The molecular formula is C21H21NO2. The first kappa shape index (κ1) is 16.4. The Labute approximate surface area is 142 Å². The molecule has 0 aliphatic carbocycles. The maximum atomic E-state index is 9.10. The number of hydrogen-bond donors (Lipinski definition) is 2. The van der Waals surface area contributed by atoms with Crippen molar-refractivity contribution in [2.24, 2.45) is 0 Å². The molecule has 0 radical (unpaired) electrons. The minimum absolute atomic E-state index is 0.0725. The highest BCUT2D eigenvalue weighted by Gasteiger charge is 2.02. The third-order valence-corrected chi connectivity index (χ3v) is 4.05. The van der Waals surface area contributed by atoms with Crippen molar-refractivity contribution in [1.29, 1.82) is 0 Å². The molecule has 3 rings (SSSR count). The summed E-state index contributed by atoms with van der Waals surface area (Å²) in [6.07, 6.45) is 1.56. The zero-order chi connectivity index (χ0) is 16.8. The first-order valence-electron chi connectivity index (χ1n) is 8.09. The van der Waals surface area contributed by atoms with Gasteiger partial charge in [-0.25, -0.2) is 0 Å². The van der Waals surface area contributed by atoms with Gasteiger partial charge in [0.15, 0.2) is 0 Å². The lowest BCUT2D eigenvalue weighted by molar-refractivity contribution is 0.281. The van der Waals surface area contributed by atoms with Crippen LogP contribution in [0, 0.1) is 0 Å². The first-order chi connectivity index (χ1) is 11.8. The van der Waals surface area contributed by atoms with Crippen molar-refractivity contribution in [1.82, 2.24) is 4.98 Å². The normalized spacial score (nSPS) is 10.8. The van der Waals surface area contributed by atoms with Gasteiger partial charge in [0.1, 0.15) is 0 Å². The largest absolute Gasteiger partial charge is 0.392 e. The van der Waals surface area contributed by atoms with E-state index >= 15 is 0 Å². The van der Waals surface area contributed by atoms with Gasteiger partial charge < -0.3 is 10.2 Å². The Bertz CT molecular complexity index is 715. The molecule has 0 aliphatic heterocycles. The second-order valence-corrected chi connectivity index (χ2v) is 5.92. The zero-order valence-corrected chi connectivity index (χ0v) is 13.5. The highest BCUT2D eigenvalue weighted by molar-refractivity contribution is 5.29. The van der Waals surface area contributed by atoms with E-state index in [1.54, 1.807) is 0 Å². The van der Waals surface area contributed by atoms with Gasteiger partial charge in [0.05, 0.1) is 13.2 Å². The number of aliphatic hydroxyl groups excluding tert-OH is 2. The molecule has 122 valence electrons. The van der Waals surface area contributed by atoms with Crippen LogP contribution in [0.4, 0.5) is 0 Å². The van der Waals surface area contributed by atoms with E-state index in [4.69, 9.17) is 15.2 Å². The first-order valence-corrected chi connectivity index (χ1v) is 8.09. The SMILES string of the molecule is OCc1ccc(Cc2cccc(Cc3ccc(CO)cc3)n2)cc1. The number of rotatable bonds is 6. The number of nitrogens with zero attached hydrogens (tertiary/aromatic N) is 1. The summed E-state index contributed by atoms with van der Waals surface area (Å²) in [6.45, 7) is 0.145. The van der Waals surface area contributed by atoms with Gasteiger partial charge in [0.25, 0.3) is 0 Å². The fraction of sp³-hybridized carbons (Fsp3) is 0.190. The van der Waals surface area contributed by atoms with E-state index in [-0.39, 0.29) is 13.2 Å². The van der Waals surface area contributed by atoms with Gasteiger partial charge >= 0.3 is 0 Å². The quantitative estimate of drug-likeness (QED) is 0.733. The summed E-state index contributed by atoms with van der Waals surface area (Å²) < 4.78 is 0. The number of aliphatic hydroxyl groups is 2. The van der Waals surface area contributed by atoms with Crippen LogP contribution in [0.5, 0.6) is 0 Å². The summed E-state index contributed by atoms with van der Waals surface area (Å²) in [5.41, 5.74) is 6.29. The fourth-order valence-corrected chi connectivity index (χ4v) is 2.67. The molecule has 1 aromatic heterocycles. The van der Waals surface area contributed by atoms with E-state index in [2.05, 4.69) is 0 Å². The lowest BCUT2D eigenvalue weighted by Crippen LogP contribution is -1.98. The van der Waals surface area contributed by atoms with Crippen LogP contribution in [0.15, 0.2) is 66.7 Å². The van der Waals surface area contributed by atoms with E-state index in [1.807, 2.05) is 66.7 Å². The Kier molecular flexibility index (Phi) is 5.36. The van der Waals surface area contributed by atoms with Crippen LogP contribution in [0.25, 0.3) is 0 Å². The maximum Gasteiger partial charge on any atom is 0.0681 e. The van der Waals surface area contributed by atoms with Gasteiger partial charge in [-0.2, -0.15) is 0 Å². The van der Waals surface area contributed by atoms with Crippen LogP contribution in [0.1, 0.15) is 33.6 Å². The number of benzene rings is 2. The van der Waals surface area contributed by atoms with Gasteiger partial charge in [-0.05, 0) is 34.4 Å².